The van der Waals surface area contributed by atoms with Crippen molar-refractivity contribution in [3.63, 3.8) is 0 Å². The zero-order chi connectivity index (χ0) is 12.3. The van der Waals surface area contributed by atoms with Crippen molar-refractivity contribution in [2.45, 2.75) is 25.7 Å². The molecule has 1 saturated carbocycles. The van der Waals surface area contributed by atoms with Crippen LogP contribution in [-0.4, -0.2) is 12.4 Å². The summed E-state index contributed by atoms with van der Waals surface area (Å²) < 4.78 is 6.49. The average molecular weight is 318 g/mol. The van der Waals surface area contributed by atoms with Crippen molar-refractivity contribution in [2.24, 2.45) is 5.92 Å². The van der Waals surface area contributed by atoms with E-state index < -0.39 is 0 Å². The SMILES string of the molecule is O=C1CCCC1CCOc1ccc(Cl)cc1Br. The zero-order valence-electron chi connectivity index (χ0n) is 9.42. The van der Waals surface area contributed by atoms with Gasteiger partial charge in [0.2, 0.25) is 0 Å². The number of hydrogen-bond acceptors (Lipinski definition) is 2. The second kappa shape index (κ2) is 5.87. The van der Waals surface area contributed by atoms with Gasteiger partial charge in [-0.2, -0.15) is 0 Å². The third-order valence-corrected chi connectivity index (χ3v) is 3.90. The van der Waals surface area contributed by atoms with Gasteiger partial charge in [-0.25, -0.2) is 0 Å². The lowest BCUT2D eigenvalue weighted by Gasteiger charge is -2.11. The number of carbonyl (C=O) groups is 1. The number of rotatable bonds is 4. The third kappa shape index (κ3) is 3.46. The van der Waals surface area contributed by atoms with Crippen LogP contribution in [0.3, 0.4) is 0 Å². The summed E-state index contributed by atoms with van der Waals surface area (Å²) in [7, 11) is 0. The van der Waals surface area contributed by atoms with Crippen LogP contribution in [0.5, 0.6) is 5.75 Å². The van der Waals surface area contributed by atoms with Crippen LogP contribution in [0.15, 0.2) is 22.7 Å². The molecule has 1 aromatic rings. The lowest BCUT2D eigenvalue weighted by atomic mass is 10.0. The van der Waals surface area contributed by atoms with Gasteiger partial charge in [0.15, 0.2) is 0 Å². The highest BCUT2D eigenvalue weighted by Crippen LogP contribution is 2.29. The summed E-state index contributed by atoms with van der Waals surface area (Å²) in [5.41, 5.74) is 0. The van der Waals surface area contributed by atoms with Crippen molar-refractivity contribution in [3.8, 4) is 5.75 Å². The van der Waals surface area contributed by atoms with Crippen LogP contribution in [0.1, 0.15) is 25.7 Å². The molecule has 0 amide bonds. The van der Waals surface area contributed by atoms with Crippen LogP contribution >= 0.6 is 27.5 Å². The maximum absolute atomic E-state index is 11.4. The molecule has 0 saturated heterocycles. The summed E-state index contributed by atoms with van der Waals surface area (Å²) in [6.07, 6.45) is 3.61. The van der Waals surface area contributed by atoms with E-state index in [0.717, 1.165) is 35.9 Å². The fraction of sp³-hybridized carbons (Fsp3) is 0.462. The molecule has 1 aromatic carbocycles. The fourth-order valence-electron chi connectivity index (χ4n) is 2.10. The minimum absolute atomic E-state index is 0.209. The van der Waals surface area contributed by atoms with Crippen LogP contribution < -0.4 is 4.74 Å². The molecule has 0 aromatic heterocycles. The van der Waals surface area contributed by atoms with Crippen molar-refractivity contribution in [1.82, 2.24) is 0 Å². The summed E-state index contributed by atoms with van der Waals surface area (Å²) in [4.78, 5) is 11.4. The van der Waals surface area contributed by atoms with Crippen molar-refractivity contribution >= 4 is 33.3 Å². The van der Waals surface area contributed by atoms with Crippen LogP contribution in [0.2, 0.25) is 5.02 Å². The maximum atomic E-state index is 11.4. The molecule has 1 aliphatic rings. The second-order valence-corrected chi connectivity index (χ2v) is 5.56. The topological polar surface area (TPSA) is 26.3 Å². The van der Waals surface area contributed by atoms with E-state index in [1.54, 1.807) is 12.1 Å². The van der Waals surface area contributed by atoms with Crippen LogP contribution in [0, 0.1) is 5.92 Å². The Balaban J connectivity index is 1.83. The molecule has 0 heterocycles. The predicted molar refractivity (Wildman–Crippen MR) is 71.6 cm³/mol. The number of carbonyl (C=O) groups excluding carboxylic acids is 1. The molecule has 1 fully saturated rings. The first-order valence-corrected chi connectivity index (χ1v) is 6.94. The Hall–Kier alpha value is -0.540. The van der Waals surface area contributed by atoms with Crippen molar-refractivity contribution < 1.29 is 9.53 Å². The number of hydrogen-bond donors (Lipinski definition) is 0. The Morgan fingerprint density at radius 3 is 2.94 bits per heavy atom. The first kappa shape index (κ1) is 12.9. The van der Waals surface area contributed by atoms with Gasteiger partial charge < -0.3 is 4.74 Å². The fourth-order valence-corrected chi connectivity index (χ4v) is 2.89. The molecular weight excluding hydrogens is 303 g/mol. The summed E-state index contributed by atoms with van der Waals surface area (Å²) in [6.45, 7) is 0.580. The van der Waals surface area contributed by atoms with Crippen molar-refractivity contribution in [2.75, 3.05) is 6.61 Å². The van der Waals surface area contributed by atoms with Gasteiger partial charge >= 0.3 is 0 Å². The van der Waals surface area contributed by atoms with Crippen molar-refractivity contribution in [1.29, 1.82) is 0 Å². The van der Waals surface area contributed by atoms with Gasteiger partial charge in [0.1, 0.15) is 11.5 Å². The lowest BCUT2D eigenvalue weighted by Crippen LogP contribution is -2.11. The highest BCUT2D eigenvalue weighted by atomic mass is 79.9. The van der Waals surface area contributed by atoms with Gasteiger partial charge in [-0.1, -0.05) is 11.6 Å². The molecule has 1 aliphatic carbocycles. The molecule has 4 heteroatoms. The maximum Gasteiger partial charge on any atom is 0.136 e. The Morgan fingerprint density at radius 2 is 2.29 bits per heavy atom. The van der Waals surface area contributed by atoms with E-state index in [1.807, 2.05) is 6.07 Å². The average Bonchev–Trinajstić information content (AvgIpc) is 2.68. The van der Waals surface area contributed by atoms with E-state index in [4.69, 9.17) is 16.3 Å². The van der Waals surface area contributed by atoms with Gasteiger partial charge in [0, 0.05) is 17.4 Å². The molecule has 0 aliphatic heterocycles. The van der Waals surface area contributed by atoms with Gasteiger partial charge in [-0.05, 0) is 53.4 Å². The smallest absolute Gasteiger partial charge is 0.136 e. The molecule has 2 nitrogen and oxygen atoms in total. The molecule has 1 unspecified atom stereocenters. The van der Waals surface area contributed by atoms with E-state index >= 15 is 0 Å². The van der Waals surface area contributed by atoms with Gasteiger partial charge in [-0.15, -0.1) is 0 Å². The Labute approximate surface area is 114 Å². The van der Waals surface area contributed by atoms with Crippen LogP contribution in [0.4, 0.5) is 0 Å². The standard InChI is InChI=1S/C13H14BrClO2/c14-11-8-10(15)4-5-13(11)17-7-6-9-2-1-3-12(9)16/h4-5,8-9H,1-3,6-7H2. The first-order chi connectivity index (χ1) is 8.16. The molecule has 2 rings (SSSR count). The monoisotopic (exact) mass is 316 g/mol. The lowest BCUT2D eigenvalue weighted by molar-refractivity contribution is -0.121. The summed E-state index contributed by atoms with van der Waals surface area (Å²) in [5.74, 6) is 1.38. The molecule has 0 bridgehead atoms. The molecule has 17 heavy (non-hydrogen) atoms. The Morgan fingerprint density at radius 1 is 1.47 bits per heavy atom. The predicted octanol–water partition coefficient (Wildman–Crippen LogP) is 4.24. The minimum atomic E-state index is 0.209. The second-order valence-electron chi connectivity index (χ2n) is 4.27. The molecule has 92 valence electrons. The van der Waals surface area contributed by atoms with Crippen molar-refractivity contribution in [3.05, 3.63) is 27.7 Å². The van der Waals surface area contributed by atoms with Gasteiger partial charge in [-0.3, -0.25) is 4.79 Å². The Bertz CT molecular complexity index is 420. The van der Waals surface area contributed by atoms with E-state index in [9.17, 15) is 4.79 Å². The number of ether oxygens (including phenoxy) is 1. The highest BCUT2D eigenvalue weighted by Gasteiger charge is 2.23. The van der Waals surface area contributed by atoms with Crippen LogP contribution in [0.25, 0.3) is 0 Å². The van der Waals surface area contributed by atoms with E-state index in [-0.39, 0.29) is 5.92 Å². The van der Waals surface area contributed by atoms with E-state index in [1.165, 1.54) is 0 Å². The summed E-state index contributed by atoms with van der Waals surface area (Å²) in [6, 6.07) is 5.43. The molecular formula is C13H14BrClO2. The van der Waals surface area contributed by atoms with Crippen LogP contribution in [-0.2, 0) is 4.79 Å². The molecule has 0 radical (unpaired) electrons. The van der Waals surface area contributed by atoms with E-state index in [0.29, 0.717) is 17.4 Å². The number of benzene rings is 1. The highest BCUT2D eigenvalue weighted by molar-refractivity contribution is 9.10. The number of halogens is 2. The zero-order valence-corrected chi connectivity index (χ0v) is 11.8. The first-order valence-electron chi connectivity index (χ1n) is 5.77. The summed E-state index contributed by atoms with van der Waals surface area (Å²) in [5, 5.41) is 0.676. The number of Topliss-reactive ketones (excluding diaryl/α,β-unsaturated/α-hetero) is 1. The summed E-state index contributed by atoms with van der Waals surface area (Å²) >= 11 is 9.24. The number of ketones is 1. The largest absolute Gasteiger partial charge is 0.492 e. The molecule has 0 spiro atoms. The van der Waals surface area contributed by atoms with Gasteiger partial charge in [0.25, 0.3) is 0 Å². The quantitative estimate of drug-likeness (QED) is 0.830. The van der Waals surface area contributed by atoms with E-state index in [2.05, 4.69) is 15.9 Å². The minimum Gasteiger partial charge on any atom is -0.492 e. The molecule has 0 N–H and O–H groups in total. The third-order valence-electron chi connectivity index (χ3n) is 3.05. The Kier molecular flexibility index (Phi) is 4.46. The molecule has 1 atom stereocenters. The van der Waals surface area contributed by atoms with Gasteiger partial charge in [0.05, 0.1) is 11.1 Å². The normalized spacial score (nSPS) is 19.6.